The summed E-state index contributed by atoms with van der Waals surface area (Å²) in [7, 11) is 4.35. The second-order valence-electron chi connectivity index (χ2n) is 6.26. The minimum atomic E-state index is -0.594. The molecule has 0 bridgehead atoms. The number of nitrogen functional groups attached to an aromatic ring is 1. The normalized spacial score (nSPS) is 10.2. The smallest absolute Gasteiger partial charge is 0.337 e. The highest BCUT2D eigenvalue weighted by atomic mass is 16.5. The molecule has 0 saturated heterocycles. The Kier molecular flexibility index (Phi) is 6.11. The SMILES string of the molecule is COC(=O)c1cc(Nc2ncnc(N(C)c3ccccc3)c2N)cc(C(=O)OC)c1. The molecule has 0 aliphatic carbocycles. The van der Waals surface area contributed by atoms with E-state index in [1.54, 1.807) is 0 Å². The molecule has 9 heteroatoms. The van der Waals surface area contributed by atoms with Crippen LogP contribution in [0.3, 0.4) is 0 Å². The van der Waals surface area contributed by atoms with Crippen LogP contribution < -0.4 is 16.0 Å². The average molecular weight is 407 g/mol. The Hall–Kier alpha value is -4.14. The first-order chi connectivity index (χ1) is 14.4. The summed E-state index contributed by atoms with van der Waals surface area (Å²) in [6.07, 6.45) is 1.37. The average Bonchev–Trinajstić information content (AvgIpc) is 2.79. The Morgan fingerprint density at radius 2 is 1.57 bits per heavy atom. The number of nitrogens with two attached hydrogens (primary N) is 1. The van der Waals surface area contributed by atoms with Gasteiger partial charge in [-0.2, -0.15) is 0 Å². The van der Waals surface area contributed by atoms with Crippen molar-refractivity contribution in [3.8, 4) is 0 Å². The molecule has 9 nitrogen and oxygen atoms in total. The molecular weight excluding hydrogens is 386 g/mol. The van der Waals surface area contributed by atoms with Crippen molar-refractivity contribution in [3.05, 3.63) is 66.0 Å². The van der Waals surface area contributed by atoms with E-state index in [-0.39, 0.29) is 11.1 Å². The summed E-state index contributed by atoms with van der Waals surface area (Å²) < 4.78 is 9.51. The number of aromatic nitrogens is 2. The van der Waals surface area contributed by atoms with Gasteiger partial charge >= 0.3 is 11.9 Å². The number of carbonyl (C=O) groups excluding carboxylic acids is 2. The first-order valence-electron chi connectivity index (χ1n) is 8.92. The van der Waals surface area contributed by atoms with Gasteiger partial charge in [-0.15, -0.1) is 0 Å². The number of benzene rings is 2. The fourth-order valence-corrected chi connectivity index (χ4v) is 2.83. The molecule has 3 aromatic rings. The number of nitrogens with one attached hydrogen (secondary N) is 1. The monoisotopic (exact) mass is 407 g/mol. The summed E-state index contributed by atoms with van der Waals surface area (Å²) in [6.45, 7) is 0. The quantitative estimate of drug-likeness (QED) is 0.594. The molecule has 0 spiro atoms. The second kappa shape index (κ2) is 8.91. The van der Waals surface area contributed by atoms with Gasteiger partial charge in [0.1, 0.15) is 12.0 Å². The number of esters is 2. The van der Waals surface area contributed by atoms with Crippen LogP contribution in [0.15, 0.2) is 54.9 Å². The Morgan fingerprint density at radius 1 is 0.967 bits per heavy atom. The van der Waals surface area contributed by atoms with Crippen LogP contribution in [0.1, 0.15) is 20.7 Å². The topological polar surface area (TPSA) is 120 Å². The van der Waals surface area contributed by atoms with Gasteiger partial charge in [-0.3, -0.25) is 0 Å². The van der Waals surface area contributed by atoms with Crippen molar-refractivity contribution in [2.75, 3.05) is 37.2 Å². The first kappa shape index (κ1) is 20.6. The highest BCUT2D eigenvalue weighted by molar-refractivity contribution is 5.97. The molecule has 154 valence electrons. The predicted octanol–water partition coefficient (Wildman–Crippen LogP) is 3.14. The van der Waals surface area contributed by atoms with Gasteiger partial charge in [0, 0.05) is 18.4 Å². The van der Waals surface area contributed by atoms with Crippen molar-refractivity contribution in [2.45, 2.75) is 0 Å². The fourth-order valence-electron chi connectivity index (χ4n) is 2.83. The number of carbonyl (C=O) groups is 2. The molecule has 3 N–H and O–H groups in total. The van der Waals surface area contributed by atoms with Gasteiger partial charge in [-0.05, 0) is 30.3 Å². The maximum absolute atomic E-state index is 12.0. The Balaban J connectivity index is 1.98. The van der Waals surface area contributed by atoms with Crippen LogP contribution in [0, 0.1) is 0 Å². The van der Waals surface area contributed by atoms with Gasteiger partial charge < -0.3 is 25.4 Å². The molecule has 0 atom stereocenters. The van der Waals surface area contributed by atoms with E-state index in [4.69, 9.17) is 15.2 Å². The number of rotatable bonds is 6. The maximum atomic E-state index is 12.0. The highest BCUT2D eigenvalue weighted by Gasteiger charge is 2.17. The number of ether oxygens (including phenoxy) is 2. The van der Waals surface area contributed by atoms with E-state index in [2.05, 4.69) is 15.3 Å². The van der Waals surface area contributed by atoms with Crippen LogP contribution in [0.5, 0.6) is 0 Å². The zero-order valence-electron chi connectivity index (χ0n) is 16.7. The zero-order valence-corrected chi connectivity index (χ0v) is 16.7. The van der Waals surface area contributed by atoms with Crippen LogP contribution in [-0.4, -0.2) is 43.2 Å². The van der Waals surface area contributed by atoms with E-state index in [1.807, 2.05) is 42.3 Å². The van der Waals surface area contributed by atoms with E-state index in [9.17, 15) is 9.59 Å². The van der Waals surface area contributed by atoms with Gasteiger partial charge in [0.05, 0.1) is 25.3 Å². The molecule has 30 heavy (non-hydrogen) atoms. The third kappa shape index (κ3) is 4.30. The maximum Gasteiger partial charge on any atom is 0.337 e. The van der Waals surface area contributed by atoms with Crippen molar-refractivity contribution >= 4 is 40.6 Å². The molecule has 0 fully saturated rings. The molecule has 0 saturated carbocycles. The summed E-state index contributed by atoms with van der Waals surface area (Å²) in [5.74, 6) is -0.371. The number of nitrogens with zero attached hydrogens (tertiary/aromatic N) is 3. The van der Waals surface area contributed by atoms with E-state index in [1.165, 1.54) is 38.7 Å². The lowest BCUT2D eigenvalue weighted by atomic mass is 10.1. The lowest BCUT2D eigenvalue weighted by molar-refractivity contribution is 0.0599. The van der Waals surface area contributed by atoms with E-state index < -0.39 is 11.9 Å². The molecule has 0 radical (unpaired) electrons. The number of anilines is 5. The third-order valence-corrected chi connectivity index (χ3v) is 4.36. The lowest BCUT2D eigenvalue weighted by Gasteiger charge is -2.21. The van der Waals surface area contributed by atoms with Crippen molar-refractivity contribution < 1.29 is 19.1 Å². The Labute approximate surface area is 173 Å². The van der Waals surface area contributed by atoms with Crippen LogP contribution in [0.25, 0.3) is 0 Å². The van der Waals surface area contributed by atoms with Crippen molar-refractivity contribution in [1.82, 2.24) is 9.97 Å². The lowest BCUT2D eigenvalue weighted by Crippen LogP contribution is -2.15. The molecule has 0 amide bonds. The van der Waals surface area contributed by atoms with Crippen LogP contribution in [0.2, 0.25) is 0 Å². The molecule has 0 aliphatic heterocycles. The summed E-state index contributed by atoms with van der Waals surface area (Å²) in [5.41, 5.74) is 8.27. The largest absolute Gasteiger partial charge is 0.465 e. The molecule has 0 unspecified atom stereocenters. The molecule has 1 heterocycles. The number of hydrogen-bond donors (Lipinski definition) is 2. The van der Waals surface area contributed by atoms with Crippen LogP contribution in [0.4, 0.5) is 28.7 Å². The molecule has 0 aliphatic rings. The van der Waals surface area contributed by atoms with Gasteiger partial charge in [0.2, 0.25) is 0 Å². The van der Waals surface area contributed by atoms with Gasteiger partial charge in [0.15, 0.2) is 11.6 Å². The Bertz CT molecular complexity index is 1040. The minimum Gasteiger partial charge on any atom is -0.465 e. The highest BCUT2D eigenvalue weighted by Crippen LogP contribution is 2.32. The zero-order chi connectivity index (χ0) is 21.7. The Morgan fingerprint density at radius 3 is 2.13 bits per heavy atom. The van der Waals surface area contributed by atoms with Crippen molar-refractivity contribution in [2.24, 2.45) is 0 Å². The summed E-state index contributed by atoms with van der Waals surface area (Å²) >= 11 is 0. The first-order valence-corrected chi connectivity index (χ1v) is 8.92. The van der Waals surface area contributed by atoms with Gasteiger partial charge in [-0.25, -0.2) is 19.6 Å². The summed E-state index contributed by atoms with van der Waals surface area (Å²) in [6, 6.07) is 14.0. The minimum absolute atomic E-state index is 0.178. The number of hydrogen-bond acceptors (Lipinski definition) is 9. The van der Waals surface area contributed by atoms with Crippen molar-refractivity contribution in [1.29, 1.82) is 0 Å². The number of para-hydroxylation sites is 1. The number of methoxy groups -OCH3 is 2. The third-order valence-electron chi connectivity index (χ3n) is 4.36. The van der Waals surface area contributed by atoms with E-state index >= 15 is 0 Å². The van der Waals surface area contributed by atoms with Crippen LogP contribution in [-0.2, 0) is 9.47 Å². The fraction of sp³-hybridized carbons (Fsp3) is 0.143. The molecule has 3 rings (SSSR count). The predicted molar refractivity (Wildman–Crippen MR) is 113 cm³/mol. The molecule has 1 aromatic heterocycles. The molecular formula is C21H21N5O4. The van der Waals surface area contributed by atoms with Gasteiger partial charge in [0.25, 0.3) is 0 Å². The standard InChI is InChI=1S/C21H21N5O4/c1-26(16-7-5-4-6-8-16)19-17(22)18(23-12-24-19)25-15-10-13(20(27)29-2)9-14(11-15)21(28)30-3/h4-12H,22H2,1-3H3,(H,23,24,25). The summed E-state index contributed by atoms with van der Waals surface area (Å²) in [5, 5.41) is 3.04. The van der Waals surface area contributed by atoms with E-state index in [0.29, 0.717) is 23.0 Å². The van der Waals surface area contributed by atoms with E-state index in [0.717, 1.165) is 5.69 Å². The summed E-state index contributed by atoms with van der Waals surface area (Å²) in [4.78, 5) is 34.3. The van der Waals surface area contributed by atoms with Gasteiger partial charge in [-0.1, -0.05) is 18.2 Å². The van der Waals surface area contributed by atoms with Crippen molar-refractivity contribution in [3.63, 3.8) is 0 Å². The van der Waals surface area contributed by atoms with Crippen LogP contribution >= 0.6 is 0 Å². The second-order valence-corrected chi connectivity index (χ2v) is 6.26. The molecule has 2 aromatic carbocycles.